The van der Waals surface area contributed by atoms with Crippen molar-refractivity contribution in [3.63, 3.8) is 0 Å². The molecular formula is C37H52N4O10. The number of amides is 4. The van der Waals surface area contributed by atoms with Crippen molar-refractivity contribution in [1.29, 1.82) is 0 Å². The summed E-state index contributed by atoms with van der Waals surface area (Å²) in [5.41, 5.74) is -1.37. The van der Waals surface area contributed by atoms with E-state index < -0.39 is 59.1 Å². The van der Waals surface area contributed by atoms with Gasteiger partial charge in [-0.15, -0.1) is 4.99 Å². The second-order valence-electron chi connectivity index (χ2n) is 14.6. The molecule has 0 aliphatic heterocycles. The second kappa shape index (κ2) is 18.7. The van der Waals surface area contributed by atoms with Gasteiger partial charge >= 0.3 is 30.3 Å². The summed E-state index contributed by atoms with van der Waals surface area (Å²) in [6, 6.07) is 16.8. The Hall–Kier alpha value is -5.14. The lowest BCUT2D eigenvalue weighted by Gasteiger charge is -2.32. The van der Waals surface area contributed by atoms with E-state index in [-0.39, 0.29) is 32.6 Å². The Balaban J connectivity index is 2.40. The van der Waals surface area contributed by atoms with E-state index in [1.807, 2.05) is 12.1 Å². The van der Waals surface area contributed by atoms with Gasteiger partial charge in [-0.25, -0.2) is 33.8 Å². The van der Waals surface area contributed by atoms with Crippen LogP contribution in [0.25, 0.3) is 0 Å². The van der Waals surface area contributed by atoms with Crippen molar-refractivity contribution in [2.45, 2.75) is 111 Å². The van der Waals surface area contributed by atoms with Gasteiger partial charge in [-0.1, -0.05) is 60.7 Å². The number of nitrogens with zero attached hydrogens (tertiary/aromatic N) is 3. The summed E-state index contributed by atoms with van der Waals surface area (Å²) >= 11 is 0. The molecule has 51 heavy (non-hydrogen) atoms. The molecule has 14 nitrogen and oxygen atoms in total. The van der Waals surface area contributed by atoms with Crippen LogP contribution in [0.2, 0.25) is 0 Å². The number of hydrogen-bond acceptors (Lipinski definition) is 10. The fraction of sp³-hybridized carbons (Fsp3) is 0.514. The van der Waals surface area contributed by atoms with Gasteiger partial charge in [0.05, 0.1) is 0 Å². The van der Waals surface area contributed by atoms with Crippen LogP contribution >= 0.6 is 0 Å². The number of benzene rings is 2. The highest BCUT2D eigenvalue weighted by Crippen LogP contribution is 2.17. The first-order valence-corrected chi connectivity index (χ1v) is 16.6. The van der Waals surface area contributed by atoms with Crippen molar-refractivity contribution in [1.82, 2.24) is 15.1 Å². The molecule has 0 radical (unpaired) electrons. The van der Waals surface area contributed by atoms with Crippen LogP contribution in [0.1, 0.15) is 86.3 Å². The van der Waals surface area contributed by atoms with Gasteiger partial charge in [0.25, 0.3) is 0 Å². The lowest BCUT2D eigenvalue weighted by molar-refractivity contribution is -0.147. The maximum atomic E-state index is 13.7. The van der Waals surface area contributed by atoms with Gasteiger partial charge in [0, 0.05) is 13.6 Å². The van der Waals surface area contributed by atoms with Crippen molar-refractivity contribution in [3.05, 3.63) is 71.8 Å². The monoisotopic (exact) mass is 712 g/mol. The molecule has 2 rings (SSSR count). The number of rotatable bonds is 10. The van der Waals surface area contributed by atoms with Crippen molar-refractivity contribution >= 4 is 36.3 Å². The fourth-order valence-electron chi connectivity index (χ4n) is 4.12. The van der Waals surface area contributed by atoms with Crippen LogP contribution in [0.3, 0.4) is 0 Å². The SMILES string of the molecule is CN(C(=O)OC(C)(C)C)C(=NC(=O)OC(C)(C)C)N(CCCC(NC(=O)OCc1ccccc1)C(=O)OCc1ccccc1)C(=O)OC(C)(C)C. The highest BCUT2D eigenvalue weighted by Gasteiger charge is 2.34. The molecule has 0 aromatic heterocycles. The number of guanidine groups is 1. The first-order chi connectivity index (χ1) is 23.6. The largest absolute Gasteiger partial charge is 0.459 e. The number of nitrogens with one attached hydrogen (secondary N) is 1. The molecule has 2 aromatic carbocycles. The zero-order valence-corrected chi connectivity index (χ0v) is 31.3. The van der Waals surface area contributed by atoms with Crippen molar-refractivity contribution < 1.29 is 47.7 Å². The average molecular weight is 713 g/mol. The summed E-state index contributed by atoms with van der Waals surface area (Å²) in [4.78, 5) is 71.8. The van der Waals surface area contributed by atoms with Gasteiger partial charge in [-0.2, -0.15) is 0 Å². The molecule has 1 N–H and O–H groups in total. The van der Waals surface area contributed by atoms with Crippen molar-refractivity contribution in [2.24, 2.45) is 4.99 Å². The van der Waals surface area contributed by atoms with Crippen LogP contribution < -0.4 is 5.32 Å². The lowest BCUT2D eigenvalue weighted by Crippen LogP contribution is -2.51. The molecule has 0 saturated carbocycles. The minimum Gasteiger partial charge on any atom is -0.459 e. The summed E-state index contributed by atoms with van der Waals surface area (Å²) in [6.07, 6.45) is -3.82. The van der Waals surface area contributed by atoms with E-state index in [0.29, 0.717) is 0 Å². The first kappa shape index (κ1) is 42.0. The zero-order chi connectivity index (χ0) is 38.4. The van der Waals surface area contributed by atoms with Gasteiger partial charge in [0.15, 0.2) is 0 Å². The zero-order valence-electron chi connectivity index (χ0n) is 31.3. The number of esters is 1. The summed E-state index contributed by atoms with van der Waals surface area (Å²) in [6.45, 7) is 14.5. The maximum Gasteiger partial charge on any atom is 0.437 e. The van der Waals surface area contributed by atoms with E-state index in [4.69, 9.17) is 23.7 Å². The number of hydrogen-bond donors (Lipinski definition) is 1. The van der Waals surface area contributed by atoms with Crippen LogP contribution in [0.5, 0.6) is 0 Å². The van der Waals surface area contributed by atoms with Gasteiger partial charge in [-0.05, 0) is 86.3 Å². The normalized spacial score (nSPS) is 12.5. The summed E-state index contributed by atoms with van der Waals surface area (Å²) < 4.78 is 27.3. The summed E-state index contributed by atoms with van der Waals surface area (Å²) in [5, 5.41) is 2.56. The van der Waals surface area contributed by atoms with Gasteiger partial charge in [0.1, 0.15) is 36.1 Å². The smallest absolute Gasteiger partial charge is 0.437 e. The van der Waals surface area contributed by atoms with Crippen LogP contribution in [0, 0.1) is 0 Å². The first-order valence-electron chi connectivity index (χ1n) is 16.6. The molecule has 280 valence electrons. The molecule has 0 spiro atoms. The Morgan fingerprint density at radius 3 is 1.65 bits per heavy atom. The predicted molar refractivity (Wildman–Crippen MR) is 190 cm³/mol. The summed E-state index contributed by atoms with van der Waals surface area (Å²) in [5.74, 6) is -1.18. The molecule has 4 amide bonds. The minimum atomic E-state index is -1.20. The molecule has 1 atom stereocenters. The van der Waals surface area contributed by atoms with Crippen LogP contribution in [0.15, 0.2) is 65.7 Å². The topological polar surface area (TPSA) is 162 Å². The van der Waals surface area contributed by atoms with E-state index in [9.17, 15) is 24.0 Å². The average Bonchev–Trinajstić information content (AvgIpc) is 3.01. The maximum absolute atomic E-state index is 13.7. The molecule has 0 aliphatic rings. The molecular weight excluding hydrogens is 660 g/mol. The number of carbonyl (C=O) groups is 5. The molecule has 2 aromatic rings. The quantitative estimate of drug-likeness (QED) is 0.115. The van der Waals surface area contributed by atoms with Gasteiger partial charge in [0.2, 0.25) is 5.96 Å². The fourth-order valence-corrected chi connectivity index (χ4v) is 4.12. The molecule has 14 heteroatoms. The van der Waals surface area contributed by atoms with E-state index in [1.54, 1.807) is 111 Å². The standard InChI is InChI=1S/C37H52N4O10/c1-35(2,3)49-32(44)39-30(40(10)33(45)50-36(4,5)6)41(34(46)51-37(7,8)9)23-17-22-28(29(42)47-24-26-18-13-11-14-19-26)38-31(43)48-25-27-20-15-12-16-21-27/h11-16,18-21,28H,17,22-25H2,1-10H3,(H,38,43). The predicted octanol–water partition coefficient (Wildman–Crippen LogP) is 7.20. The Morgan fingerprint density at radius 2 is 1.16 bits per heavy atom. The molecule has 1 unspecified atom stereocenters. The van der Waals surface area contributed by atoms with Crippen LogP contribution in [0.4, 0.5) is 19.2 Å². The van der Waals surface area contributed by atoms with Gasteiger partial charge < -0.3 is 29.0 Å². The van der Waals surface area contributed by atoms with E-state index in [2.05, 4.69) is 10.3 Å². The highest BCUT2D eigenvalue weighted by molar-refractivity contribution is 6.04. The van der Waals surface area contributed by atoms with Crippen molar-refractivity contribution in [3.8, 4) is 0 Å². The Labute approximate surface area is 300 Å². The molecule has 0 fully saturated rings. The van der Waals surface area contributed by atoms with E-state index in [0.717, 1.165) is 20.9 Å². The van der Waals surface area contributed by atoms with Crippen LogP contribution in [-0.2, 0) is 41.7 Å². The summed E-state index contributed by atoms with van der Waals surface area (Å²) in [7, 11) is 1.28. The Morgan fingerprint density at radius 1 is 0.686 bits per heavy atom. The number of ether oxygens (including phenoxy) is 5. The number of alkyl carbamates (subject to hydrolysis) is 1. The third-order valence-corrected chi connectivity index (χ3v) is 6.30. The van der Waals surface area contributed by atoms with Crippen LogP contribution in [-0.4, -0.2) is 82.5 Å². The highest BCUT2D eigenvalue weighted by atomic mass is 16.6. The molecule has 0 bridgehead atoms. The van der Waals surface area contributed by atoms with Gasteiger partial charge in [-0.3, -0.25) is 0 Å². The molecule has 0 aliphatic carbocycles. The third kappa shape index (κ3) is 16.9. The van der Waals surface area contributed by atoms with Crippen molar-refractivity contribution in [2.75, 3.05) is 13.6 Å². The third-order valence-electron chi connectivity index (χ3n) is 6.30. The lowest BCUT2D eigenvalue weighted by atomic mass is 10.1. The van der Waals surface area contributed by atoms with E-state index >= 15 is 0 Å². The minimum absolute atomic E-state index is 0.0266. The Bertz CT molecular complexity index is 1490. The Kier molecular flexibility index (Phi) is 15.4. The number of aliphatic imine (C=N–C) groups is 1. The number of carbonyl (C=O) groups excluding carboxylic acids is 5. The molecule has 0 saturated heterocycles. The second-order valence-corrected chi connectivity index (χ2v) is 14.6. The van der Waals surface area contributed by atoms with E-state index in [1.165, 1.54) is 7.05 Å². The molecule has 0 heterocycles.